The summed E-state index contributed by atoms with van der Waals surface area (Å²) in [6.07, 6.45) is 4.28. The summed E-state index contributed by atoms with van der Waals surface area (Å²) in [6, 6.07) is 9.99. The summed E-state index contributed by atoms with van der Waals surface area (Å²) in [5.74, 6) is -1.92. The standard InChI is InChI=1S/C26H24N2O8S2/c1-15-7-9-16(10-8-15)24(30)23-18-5-3-4-6-20(18)37-25(23)27-22(29)14-36-26(31)17-11-12-21(38(2,34)35)19(13-17)28(32)33/h7-13H,3-6,14H2,1-2H3,(H,27,29). The molecule has 38 heavy (non-hydrogen) atoms. The summed E-state index contributed by atoms with van der Waals surface area (Å²) < 4.78 is 28.6. The third kappa shape index (κ3) is 5.81. The zero-order chi connectivity index (χ0) is 27.6. The van der Waals surface area contributed by atoms with Crippen molar-refractivity contribution in [3.05, 3.63) is 85.3 Å². The van der Waals surface area contributed by atoms with Gasteiger partial charge in [0.15, 0.2) is 22.2 Å². The highest BCUT2D eigenvalue weighted by molar-refractivity contribution is 7.90. The minimum atomic E-state index is -3.90. The van der Waals surface area contributed by atoms with Gasteiger partial charge < -0.3 is 10.1 Å². The molecule has 10 nitrogen and oxygen atoms in total. The van der Waals surface area contributed by atoms with Crippen LogP contribution in [0.15, 0.2) is 47.4 Å². The molecule has 1 heterocycles. The van der Waals surface area contributed by atoms with E-state index in [1.165, 1.54) is 11.3 Å². The highest BCUT2D eigenvalue weighted by Gasteiger charge is 2.28. The van der Waals surface area contributed by atoms with Crippen molar-refractivity contribution in [3.8, 4) is 0 Å². The van der Waals surface area contributed by atoms with Crippen molar-refractivity contribution in [2.45, 2.75) is 37.5 Å². The number of sulfone groups is 1. The molecular weight excluding hydrogens is 532 g/mol. The molecule has 0 unspecified atom stereocenters. The number of nitro groups is 1. The van der Waals surface area contributed by atoms with Gasteiger partial charge in [0.1, 0.15) is 9.90 Å². The summed E-state index contributed by atoms with van der Waals surface area (Å²) in [5.41, 5.74) is 1.84. The van der Waals surface area contributed by atoms with Crippen LogP contribution in [0.2, 0.25) is 0 Å². The van der Waals surface area contributed by atoms with Crippen LogP contribution in [0, 0.1) is 17.0 Å². The van der Waals surface area contributed by atoms with E-state index in [4.69, 9.17) is 4.74 Å². The van der Waals surface area contributed by atoms with Crippen LogP contribution in [0.4, 0.5) is 10.7 Å². The van der Waals surface area contributed by atoms with Crippen molar-refractivity contribution in [1.29, 1.82) is 0 Å². The van der Waals surface area contributed by atoms with Gasteiger partial charge in [-0.15, -0.1) is 11.3 Å². The molecule has 1 N–H and O–H groups in total. The Morgan fingerprint density at radius 1 is 1.05 bits per heavy atom. The van der Waals surface area contributed by atoms with E-state index in [9.17, 15) is 32.9 Å². The number of hydrogen-bond acceptors (Lipinski definition) is 9. The summed E-state index contributed by atoms with van der Waals surface area (Å²) >= 11 is 1.33. The number of nitrogens with one attached hydrogen (secondary N) is 1. The quantitative estimate of drug-likeness (QED) is 0.187. The Morgan fingerprint density at radius 3 is 2.37 bits per heavy atom. The maximum atomic E-state index is 13.4. The molecule has 0 radical (unpaired) electrons. The van der Waals surface area contributed by atoms with Crippen LogP contribution >= 0.6 is 11.3 Å². The number of ether oxygens (including phenoxy) is 1. The van der Waals surface area contributed by atoms with Crippen LogP contribution in [0.5, 0.6) is 0 Å². The molecule has 3 aromatic rings. The van der Waals surface area contributed by atoms with Gasteiger partial charge in [0.25, 0.3) is 11.6 Å². The Hall–Kier alpha value is -3.90. The van der Waals surface area contributed by atoms with Crippen LogP contribution in [-0.2, 0) is 32.2 Å². The van der Waals surface area contributed by atoms with Gasteiger partial charge in [-0.2, -0.15) is 0 Å². The molecule has 1 amide bonds. The second-order valence-electron chi connectivity index (χ2n) is 8.95. The number of benzene rings is 2. The highest BCUT2D eigenvalue weighted by Crippen LogP contribution is 2.39. The fourth-order valence-electron chi connectivity index (χ4n) is 4.22. The van der Waals surface area contributed by atoms with E-state index in [1.807, 2.05) is 19.1 Å². The predicted molar refractivity (Wildman–Crippen MR) is 141 cm³/mol. The Labute approximate surface area is 222 Å². The van der Waals surface area contributed by atoms with Crippen molar-refractivity contribution in [2.75, 3.05) is 18.2 Å². The third-order valence-corrected chi connectivity index (χ3v) is 8.44. The number of rotatable bonds is 8. The van der Waals surface area contributed by atoms with Gasteiger partial charge >= 0.3 is 5.97 Å². The number of aryl methyl sites for hydroxylation is 2. The number of thiophene rings is 1. The van der Waals surface area contributed by atoms with Gasteiger partial charge in [0.05, 0.1) is 16.1 Å². The average Bonchev–Trinajstić information content (AvgIpc) is 3.24. The van der Waals surface area contributed by atoms with E-state index in [1.54, 1.807) is 12.1 Å². The first-order valence-electron chi connectivity index (χ1n) is 11.7. The van der Waals surface area contributed by atoms with Crippen molar-refractivity contribution >= 4 is 49.5 Å². The second kappa shape index (κ2) is 10.8. The molecule has 1 aliphatic rings. The average molecular weight is 557 g/mol. The van der Waals surface area contributed by atoms with Crippen molar-refractivity contribution in [2.24, 2.45) is 0 Å². The first-order valence-corrected chi connectivity index (χ1v) is 14.4. The smallest absolute Gasteiger partial charge is 0.338 e. The molecular formula is C26H24N2O8S2. The Kier molecular flexibility index (Phi) is 7.74. The number of anilines is 1. The van der Waals surface area contributed by atoms with E-state index >= 15 is 0 Å². The van der Waals surface area contributed by atoms with E-state index in [-0.39, 0.29) is 11.3 Å². The van der Waals surface area contributed by atoms with Crippen LogP contribution < -0.4 is 5.32 Å². The number of carbonyl (C=O) groups is 3. The number of nitro benzene ring substituents is 1. The van der Waals surface area contributed by atoms with Crippen LogP contribution in [0.25, 0.3) is 0 Å². The van der Waals surface area contributed by atoms with Crippen LogP contribution in [-0.4, -0.2) is 43.9 Å². The lowest BCUT2D eigenvalue weighted by molar-refractivity contribution is -0.387. The van der Waals surface area contributed by atoms with Gasteiger partial charge in [-0.3, -0.25) is 19.7 Å². The molecule has 1 aliphatic carbocycles. The normalized spacial score (nSPS) is 12.9. The lowest BCUT2D eigenvalue weighted by atomic mass is 9.91. The Balaban J connectivity index is 1.51. The van der Waals surface area contributed by atoms with Gasteiger partial charge in [0.2, 0.25) is 0 Å². The number of hydrogen-bond donors (Lipinski definition) is 1. The molecule has 198 valence electrons. The van der Waals surface area contributed by atoms with Crippen LogP contribution in [0.1, 0.15) is 55.1 Å². The minimum absolute atomic E-state index is 0.199. The van der Waals surface area contributed by atoms with E-state index in [0.717, 1.165) is 66.1 Å². The topological polar surface area (TPSA) is 150 Å². The monoisotopic (exact) mass is 556 g/mol. The maximum Gasteiger partial charge on any atom is 0.338 e. The molecule has 4 rings (SSSR count). The first-order chi connectivity index (χ1) is 18.0. The molecule has 0 saturated carbocycles. The molecule has 2 aromatic carbocycles. The highest BCUT2D eigenvalue weighted by atomic mass is 32.2. The molecule has 1 aromatic heterocycles. The van der Waals surface area contributed by atoms with E-state index < -0.39 is 43.8 Å². The molecule has 12 heteroatoms. The largest absolute Gasteiger partial charge is 0.452 e. The Bertz CT molecular complexity index is 1560. The third-order valence-electron chi connectivity index (χ3n) is 6.09. The van der Waals surface area contributed by atoms with Gasteiger partial charge in [0, 0.05) is 22.8 Å². The maximum absolute atomic E-state index is 13.4. The molecule has 0 fully saturated rings. The number of fused-ring (bicyclic) bond motifs is 1. The fraction of sp³-hybridized carbons (Fsp3) is 0.269. The molecule has 0 spiro atoms. The number of carbonyl (C=O) groups excluding carboxylic acids is 3. The zero-order valence-electron chi connectivity index (χ0n) is 20.6. The fourth-order valence-corrected chi connectivity index (χ4v) is 6.35. The number of ketones is 1. The van der Waals surface area contributed by atoms with Gasteiger partial charge in [-0.25, -0.2) is 13.2 Å². The number of esters is 1. The van der Waals surface area contributed by atoms with Crippen LogP contribution in [0.3, 0.4) is 0 Å². The summed E-state index contributed by atoms with van der Waals surface area (Å²) in [4.78, 5) is 49.4. The van der Waals surface area contributed by atoms with E-state index in [2.05, 4.69) is 5.32 Å². The first kappa shape index (κ1) is 27.1. The summed E-state index contributed by atoms with van der Waals surface area (Å²) in [6.45, 7) is 1.22. The number of amides is 1. The predicted octanol–water partition coefficient (Wildman–Crippen LogP) is 4.27. The second-order valence-corrected chi connectivity index (χ2v) is 12.0. The van der Waals surface area contributed by atoms with E-state index in [0.29, 0.717) is 16.1 Å². The number of nitrogens with zero attached hydrogens (tertiary/aromatic N) is 1. The molecule has 0 atom stereocenters. The molecule has 0 aliphatic heterocycles. The molecule has 0 saturated heterocycles. The van der Waals surface area contributed by atoms with Crippen molar-refractivity contribution < 1.29 is 32.5 Å². The minimum Gasteiger partial charge on any atom is -0.452 e. The lowest BCUT2D eigenvalue weighted by Crippen LogP contribution is -2.22. The SMILES string of the molecule is Cc1ccc(C(=O)c2c(NC(=O)COC(=O)c3ccc(S(C)(=O)=O)c([N+](=O)[O-])c3)sc3c2CCCC3)cc1. The summed E-state index contributed by atoms with van der Waals surface area (Å²) in [7, 11) is -3.90. The Morgan fingerprint density at radius 2 is 1.71 bits per heavy atom. The summed E-state index contributed by atoms with van der Waals surface area (Å²) in [5, 5.41) is 14.4. The molecule has 0 bridgehead atoms. The van der Waals surface area contributed by atoms with Crippen molar-refractivity contribution in [3.63, 3.8) is 0 Å². The lowest BCUT2D eigenvalue weighted by Gasteiger charge is -2.13. The van der Waals surface area contributed by atoms with Crippen molar-refractivity contribution in [1.82, 2.24) is 0 Å². The zero-order valence-corrected chi connectivity index (χ0v) is 22.2. The van der Waals surface area contributed by atoms with Gasteiger partial charge in [-0.05, 0) is 50.3 Å². The van der Waals surface area contributed by atoms with Gasteiger partial charge in [-0.1, -0.05) is 29.8 Å².